The summed E-state index contributed by atoms with van der Waals surface area (Å²) in [6.07, 6.45) is 2.04. The van der Waals surface area contributed by atoms with E-state index >= 15 is 0 Å². The molecule has 0 saturated heterocycles. The zero-order valence-electron chi connectivity index (χ0n) is 12.9. The van der Waals surface area contributed by atoms with E-state index in [2.05, 4.69) is 10.2 Å². The van der Waals surface area contributed by atoms with Crippen LogP contribution >= 0.6 is 0 Å². The fourth-order valence-corrected chi connectivity index (χ4v) is 1.49. The Bertz CT molecular complexity index is 243. The Morgan fingerprint density at radius 2 is 1.95 bits per heavy atom. The summed E-state index contributed by atoms with van der Waals surface area (Å²) in [5.41, 5.74) is -0.0805. The molecule has 1 saturated carbocycles. The van der Waals surface area contributed by atoms with Gasteiger partial charge in [0.1, 0.15) is 0 Å². The molecule has 0 spiro atoms. The van der Waals surface area contributed by atoms with Crippen molar-refractivity contribution in [3.05, 3.63) is 0 Å². The molecule has 0 aromatic carbocycles. The Hall–Kier alpha value is -0.650. The highest BCUT2D eigenvalue weighted by atomic mass is 16.5. The second-order valence-electron chi connectivity index (χ2n) is 4.96. The van der Waals surface area contributed by atoms with Gasteiger partial charge in [0.25, 0.3) is 0 Å². The van der Waals surface area contributed by atoms with Crippen molar-refractivity contribution in [1.29, 1.82) is 0 Å². The van der Waals surface area contributed by atoms with Crippen molar-refractivity contribution in [2.75, 3.05) is 46.5 Å². The molecule has 0 heterocycles. The summed E-state index contributed by atoms with van der Waals surface area (Å²) in [6, 6.07) is 0. The van der Waals surface area contributed by atoms with Crippen molar-refractivity contribution in [3.63, 3.8) is 0 Å². The summed E-state index contributed by atoms with van der Waals surface area (Å²) in [7, 11) is 1.99. The first kappa shape index (κ1) is 18.4. The van der Waals surface area contributed by atoms with Gasteiger partial charge in [-0.3, -0.25) is 4.79 Å². The smallest absolute Gasteiger partial charge is 0.225 e. The van der Waals surface area contributed by atoms with Gasteiger partial charge < -0.3 is 20.1 Å². The maximum Gasteiger partial charge on any atom is 0.225 e. The summed E-state index contributed by atoms with van der Waals surface area (Å²) < 4.78 is 5.17. The first-order valence-corrected chi connectivity index (χ1v) is 7.24. The molecule has 1 aliphatic carbocycles. The Balaban J connectivity index is 0.00000154. The summed E-state index contributed by atoms with van der Waals surface area (Å²) in [5, 5.41) is 11.5. The third-order valence-corrected chi connectivity index (χ3v) is 3.18. The van der Waals surface area contributed by atoms with Crippen LogP contribution in [0.15, 0.2) is 0 Å². The van der Waals surface area contributed by atoms with Crippen molar-refractivity contribution in [2.45, 2.75) is 33.6 Å². The third kappa shape index (κ3) is 8.18. The molecule has 5 heteroatoms. The van der Waals surface area contributed by atoms with Crippen molar-refractivity contribution in [3.8, 4) is 0 Å². The van der Waals surface area contributed by atoms with E-state index in [1.807, 2.05) is 27.8 Å². The topological polar surface area (TPSA) is 61.8 Å². The number of carbonyl (C=O) groups excluding carboxylic acids is 1. The Labute approximate surface area is 117 Å². The molecule has 0 aromatic heterocycles. The first-order chi connectivity index (χ1) is 9.08. The van der Waals surface area contributed by atoms with Gasteiger partial charge in [0.2, 0.25) is 5.91 Å². The zero-order chi connectivity index (χ0) is 14.7. The number of likely N-dealkylation sites (N-methyl/N-ethyl adjacent to an activating group) is 1. The Morgan fingerprint density at radius 3 is 2.47 bits per heavy atom. The second kappa shape index (κ2) is 10.2. The number of aliphatic hydroxyl groups is 1. The van der Waals surface area contributed by atoms with E-state index in [0.717, 1.165) is 25.9 Å². The largest absolute Gasteiger partial charge is 0.394 e. The van der Waals surface area contributed by atoms with Gasteiger partial charge in [-0.25, -0.2) is 0 Å². The van der Waals surface area contributed by atoms with Crippen molar-refractivity contribution >= 4 is 5.91 Å². The number of ether oxygens (including phenoxy) is 1. The van der Waals surface area contributed by atoms with E-state index in [4.69, 9.17) is 9.84 Å². The maximum absolute atomic E-state index is 11.6. The quantitative estimate of drug-likeness (QED) is 0.613. The van der Waals surface area contributed by atoms with Crippen LogP contribution in [0.2, 0.25) is 0 Å². The van der Waals surface area contributed by atoms with Gasteiger partial charge in [0, 0.05) is 25.0 Å². The zero-order valence-corrected chi connectivity index (χ0v) is 12.9. The minimum absolute atomic E-state index is 0.0678. The fourth-order valence-electron chi connectivity index (χ4n) is 1.49. The highest BCUT2D eigenvalue weighted by molar-refractivity contribution is 5.84. The number of carbonyl (C=O) groups is 1. The minimum Gasteiger partial charge on any atom is -0.394 e. The number of amides is 1. The van der Waals surface area contributed by atoms with E-state index in [-0.39, 0.29) is 17.9 Å². The molecule has 0 bridgehead atoms. The molecule has 2 N–H and O–H groups in total. The molecule has 0 radical (unpaired) electrons. The monoisotopic (exact) mass is 274 g/mol. The summed E-state index contributed by atoms with van der Waals surface area (Å²) in [5.74, 6) is 0.183. The minimum atomic E-state index is -0.0805. The summed E-state index contributed by atoms with van der Waals surface area (Å²) >= 11 is 0. The van der Waals surface area contributed by atoms with E-state index in [0.29, 0.717) is 19.8 Å². The molecule has 19 heavy (non-hydrogen) atoms. The highest BCUT2D eigenvalue weighted by Crippen LogP contribution is 2.44. The van der Waals surface area contributed by atoms with Crippen LogP contribution in [-0.4, -0.2) is 62.4 Å². The lowest BCUT2D eigenvalue weighted by atomic mass is 10.1. The van der Waals surface area contributed by atoms with Gasteiger partial charge in [-0.2, -0.15) is 0 Å². The molecule has 114 valence electrons. The van der Waals surface area contributed by atoms with Crippen molar-refractivity contribution in [1.82, 2.24) is 10.2 Å². The van der Waals surface area contributed by atoms with Crippen molar-refractivity contribution < 1.29 is 14.6 Å². The second-order valence-corrected chi connectivity index (χ2v) is 4.96. The van der Waals surface area contributed by atoms with Crippen LogP contribution in [0.4, 0.5) is 0 Å². The lowest BCUT2D eigenvalue weighted by molar-refractivity contribution is -0.125. The molecular weight excluding hydrogens is 244 g/mol. The molecule has 0 unspecified atom stereocenters. The van der Waals surface area contributed by atoms with Gasteiger partial charge in [-0.1, -0.05) is 20.8 Å². The number of nitrogens with zero attached hydrogens (tertiary/aromatic N) is 1. The normalized spacial score (nSPS) is 15.7. The van der Waals surface area contributed by atoms with Crippen LogP contribution in [0, 0.1) is 5.41 Å². The molecule has 1 rings (SSSR count). The molecular formula is C14H30N2O3. The standard InChI is InChI=1S/C12H24N2O3.C2H6/c1-12(3-4-12)11(16)13-5-6-14(2)7-9-17-10-8-15;1-2/h15H,3-10H2,1-2H3,(H,13,16);1-2H3. The highest BCUT2D eigenvalue weighted by Gasteiger charge is 2.44. The van der Waals surface area contributed by atoms with E-state index in [1.54, 1.807) is 0 Å². The lowest BCUT2D eigenvalue weighted by Gasteiger charge is -2.17. The number of rotatable bonds is 9. The van der Waals surface area contributed by atoms with Crippen molar-refractivity contribution in [2.24, 2.45) is 5.41 Å². The summed E-state index contributed by atoms with van der Waals surface area (Å²) in [4.78, 5) is 13.7. The van der Waals surface area contributed by atoms with Crippen LogP contribution in [-0.2, 0) is 9.53 Å². The molecule has 0 aliphatic heterocycles. The van der Waals surface area contributed by atoms with E-state index < -0.39 is 0 Å². The van der Waals surface area contributed by atoms with Crippen LogP contribution < -0.4 is 5.32 Å². The number of nitrogens with one attached hydrogen (secondary N) is 1. The number of hydrogen-bond donors (Lipinski definition) is 2. The van der Waals surface area contributed by atoms with Gasteiger partial charge >= 0.3 is 0 Å². The lowest BCUT2D eigenvalue weighted by Crippen LogP contribution is -2.37. The average molecular weight is 274 g/mol. The maximum atomic E-state index is 11.6. The van der Waals surface area contributed by atoms with Gasteiger partial charge in [0.15, 0.2) is 0 Å². The Kier molecular flexibility index (Phi) is 9.83. The van der Waals surface area contributed by atoms with Crippen LogP contribution in [0.5, 0.6) is 0 Å². The molecule has 5 nitrogen and oxygen atoms in total. The van der Waals surface area contributed by atoms with Gasteiger partial charge in [-0.15, -0.1) is 0 Å². The number of hydrogen-bond acceptors (Lipinski definition) is 4. The van der Waals surface area contributed by atoms with Gasteiger partial charge in [0.05, 0.1) is 19.8 Å². The third-order valence-electron chi connectivity index (χ3n) is 3.18. The van der Waals surface area contributed by atoms with Crippen LogP contribution in [0.3, 0.4) is 0 Å². The predicted octanol–water partition coefficient (Wildman–Crippen LogP) is 0.870. The molecule has 1 fully saturated rings. The fraction of sp³-hybridized carbons (Fsp3) is 0.929. The van der Waals surface area contributed by atoms with Crippen LogP contribution in [0.1, 0.15) is 33.6 Å². The van der Waals surface area contributed by atoms with E-state index in [9.17, 15) is 4.79 Å². The molecule has 0 aromatic rings. The number of aliphatic hydroxyl groups excluding tert-OH is 1. The predicted molar refractivity (Wildman–Crippen MR) is 77.1 cm³/mol. The molecule has 1 aliphatic rings. The Morgan fingerprint density at radius 1 is 1.32 bits per heavy atom. The van der Waals surface area contributed by atoms with Gasteiger partial charge in [-0.05, 0) is 19.9 Å². The average Bonchev–Trinajstić information content (AvgIpc) is 3.16. The SMILES string of the molecule is CC.CN(CCNC(=O)C1(C)CC1)CCOCCO. The van der Waals surface area contributed by atoms with E-state index in [1.165, 1.54) is 0 Å². The summed E-state index contributed by atoms with van der Waals surface area (Å²) in [6.45, 7) is 9.40. The van der Waals surface area contributed by atoms with Crippen LogP contribution in [0.25, 0.3) is 0 Å². The molecule has 0 atom stereocenters. The molecule has 1 amide bonds. The first-order valence-electron chi connectivity index (χ1n) is 7.24.